The Morgan fingerprint density at radius 3 is 2.73 bits per heavy atom. The summed E-state index contributed by atoms with van der Waals surface area (Å²) in [5, 5.41) is 2.31. The van der Waals surface area contributed by atoms with Gasteiger partial charge in [-0.1, -0.05) is 30.3 Å². The van der Waals surface area contributed by atoms with Gasteiger partial charge in [-0.15, -0.1) is 0 Å². The molecule has 2 aromatic rings. The number of fused-ring (bicyclic) bond motifs is 1. The van der Waals surface area contributed by atoms with Crippen molar-refractivity contribution >= 4 is 16.7 Å². The Balaban J connectivity index is 1.59. The minimum atomic E-state index is 0.0726. The van der Waals surface area contributed by atoms with E-state index in [0.29, 0.717) is 0 Å². The molecule has 2 aromatic carbocycles. The van der Waals surface area contributed by atoms with E-state index in [1.807, 2.05) is 35.2 Å². The highest BCUT2D eigenvalue weighted by molar-refractivity contribution is 5.84. The topological polar surface area (TPSA) is 32.8 Å². The molecule has 0 aliphatic carbocycles. The first-order valence-electron chi connectivity index (χ1n) is 7.80. The van der Waals surface area contributed by atoms with Crippen molar-refractivity contribution in [2.24, 2.45) is 0 Å². The van der Waals surface area contributed by atoms with Gasteiger partial charge in [-0.05, 0) is 42.9 Å². The van der Waals surface area contributed by atoms with E-state index in [-0.39, 0.29) is 12.5 Å². The molecule has 116 valence electrons. The molecule has 0 unspecified atom stereocenters. The molecule has 0 radical (unpaired) electrons. The third-order valence-corrected chi connectivity index (χ3v) is 4.16. The Kier molecular flexibility index (Phi) is 4.59. The maximum Gasteiger partial charge on any atom is 0.260 e. The second-order valence-corrected chi connectivity index (χ2v) is 5.84. The Morgan fingerprint density at radius 2 is 1.86 bits per heavy atom. The number of benzene rings is 2. The van der Waals surface area contributed by atoms with E-state index in [9.17, 15) is 4.79 Å². The largest absolute Gasteiger partial charge is 0.484 e. The van der Waals surface area contributed by atoms with Gasteiger partial charge in [0.2, 0.25) is 0 Å². The summed E-state index contributed by atoms with van der Waals surface area (Å²) in [6.45, 7) is 3.71. The van der Waals surface area contributed by atoms with Crippen LogP contribution in [0.25, 0.3) is 10.8 Å². The van der Waals surface area contributed by atoms with E-state index in [1.54, 1.807) is 0 Å². The average molecular weight is 298 g/mol. The van der Waals surface area contributed by atoms with E-state index in [2.05, 4.69) is 24.1 Å². The van der Waals surface area contributed by atoms with Crippen molar-refractivity contribution in [1.29, 1.82) is 0 Å². The van der Waals surface area contributed by atoms with E-state index < -0.39 is 0 Å². The molecule has 0 bridgehead atoms. The molecular weight excluding hydrogens is 276 g/mol. The van der Waals surface area contributed by atoms with Gasteiger partial charge in [-0.3, -0.25) is 4.79 Å². The normalized spacial score (nSPS) is 16.5. The number of carbonyl (C=O) groups is 1. The van der Waals surface area contributed by atoms with Crippen molar-refractivity contribution in [3.8, 4) is 5.75 Å². The fourth-order valence-electron chi connectivity index (χ4n) is 2.79. The molecule has 1 heterocycles. The molecule has 1 saturated heterocycles. The number of hydrogen-bond donors (Lipinski definition) is 0. The van der Waals surface area contributed by atoms with E-state index >= 15 is 0 Å². The number of likely N-dealkylation sites (N-methyl/N-ethyl adjacent to an activating group) is 1. The van der Waals surface area contributed by atoms with Crippen LogP contribution in [0.5, 0.6) is 5.75 Å². The van der Waals surface area contributed by atoms with Crippen LogP contribution in [0.4, 0.5) is 0 Å². The van der Waals surface area contributed by atoms with Crippen LogP contribution in [0.2, 0.25) is 0 Å². The molecule has 1 fully saturated rings. The molecule has 4 heteroatoms. The van der Waals surface area contributed by atoms with Crippen LogP contribution in [0.1, 0.15) is 6.42 Å². The molecule has 0 atom stereocenters. The van der Waals surface area contributed by atoms with E-state index in [1.165, 1.54) is 5.39 Å². The van der Waals surface area contributed by atoms with Crippen molar-refractivity contribution in [3.05, 3.63) is 42.5 Å². The quantitative estimate of drug-likeness (QED) is 0.872. The predicted molar refractivity (Wildman–Crippen MR) is 88.1 cm³/mol. The van der Waals surface area contributed by atoms with Crippen LogP contribution in [0, 0.1) is 0 Å². The lowest BCUT2D eigenvalue weighted by atomic mass is 10.1. The maximum atomic E-state index is 12.3. The third-order valence-electron chi connectivity index (χ3n) is 4.16. The number of carbonyl (C=O) groups excluding carboxylic acids is 1. The Labute approximate surface area is 131 Å². The van der Waals surface area contributed by atoms with Gasteiger partial charge in [0.05, 0.1) is 0 Å². The second-order valence-electron chi connectivity index (χ2n) is 5.84. The number of ether oxygens (including phenoxy) is 1. The molecule has 0 N–H and O–H groups in total. The van der Waals surface area contributed by atoms with Crippen LogP contribution in [0.3, 0.4) is 0 Å². The average Bonchev–Trinajstić information content (AvgIpc) is 2.77. The van der Waals surface area contributed by atoms with Crippen LogP contribution in [-0.2, 0) is 4.79 Å². The lowest BCUT2D eigenvalue weighted by Crippen LogP contribution is -2.37. The fourth-order valence-corrected chi connectivity index (χ4v) is 2.79. The summed E-state index contributed by atoms with van der Waals surface area (Å²) in [5.74, 6) is 0.822. The molecule has 4 nitrogen and oxygen atoms in total. The first-order chi connectivity index (χ1) is 10.7. The van der Waals surface area contributed by atoms with Gasteiger partial charge in [0, 0.05) is 19.6 Å². The summed E-state index contributed by atoms with van der Waals surface area (Å²) in [6.07, 6.45) is 1.03. The molecule has 0 saturated carbocycles. The van der Waals surface area contributed by atoms with E-state index in [0.717, 1.165) is 43.7 Å². The summed E-state index contributed by atoms with van der Waals surface area (Å²) in [6, 6.07) is 14.1. The summed E-state index contributed by atoms with van der Waals surface area (Å²) in [4.78, 5) is 16.4. The zero-order valence-corrected chi connectivity index (χ0v) is 13.0. The lowest BCUT2D eigenvalue weighted by molar-refractivity contribution is -0.133. The molecule has 3 rings (SSSR count). The Bertz CT molecular complexity index is 656. The van der Waals surface area contributed by atoms with Crippen molar-refractivity contribution in [3.63, 3.8) is 0 Å². The smallest absolute Gasteiger partial charge is 0.260 e. The number of nitrogens with zero attached hydrogens (tertiary/aromatic N) is 2. The summed E-state index contributed by atoms with van der Waals surface area (Å²) < 4.78 is 5.69. The first kappa shape index (κ1) is 14.9. The van der Waals surface area contributed by atoms with Gasteiger partial charge in [-0.2, -0.15) is 0 Å². The lowest BCUT2D eigenvalue weighted by Gasteiger charge is -2.20. The van der Waals surface area contributed by atoms with Gasteiger partial charge in [-0.25, -0.2) is 0 Å². The van der Waals surface area contributed by atoms with Crippen molar-refractivity contribution in [2.75, 3.05) is 39.8 Å². The summed E-state index contributed by atoms with van der Waals surface area (Å²) >= 11 is 0. The number of rotatable bonds is 3. The highest BCUT2D eigenvalue weighted by Crippen LogP contribution is 2.20. The standard InChI is InChI=1S/C18H22N2O2/c1-19-9-4-10-20(12-11-19)18(21)14-22-17-8-7-15-5-2-3-6-16(15)13-17/h2-3,5-8,13H,4,9-12,14H2,1H3. The van der Waals surface area contributed by atoms with Gasteiger partial charge < -0.3 is 14.5 Å². The molecule has 1 amide bonds. The van der Waals surface area contributed by atoms with E-state index in [4.69, 9.17) is 4.74 Å². The zero-order valence-electron chi connectivity index (χ0n) is 13.0. The molecule has 22 heavy (non-hydrogen) atoms. The first-order valence-corrected chi connectivity index (χ1v) is 7.80. The summed E-state index contributed by atoms with van der Waals surface area (Å²) in [7, 11) is 2.10. The predicted octanol–water partition coefficient (Wildman–Crippen LogP) is 2.38. The van der Waals surface area contributed by atoms with Gasteiger partial charge in [0.25, 0.3) is 5.91 Å². The number of amides is 1. The van der Waals surface area contributed by atoms with Crippen LogP contribution < -0.4 is 4.74 Å². The van der Waals surface area contributed by atoms with Crippen LogP contribution >= 0.6 is 0 Å². The second kappa shape index (κ2) is 6.79. The number of hydrogen-bond acceptors (Lipinski definition) is 3. The van der Waals surface area contributed by atoms with Gasteiger partial charge in [0.1, 0.15) is 5.75 Å². The highest BCUT2D eigenvalue weighted by atomic mass is 16.5. The van der Waals surface area contributed by atoms with Crippen molar-refractivity contribution < 1.29 is 9.53 Å². The zero-order chi connectivity index (χ0) is 15.4. The van der Waals surface area contributed by atoms with Crippen molar-refractivity contribution in [2.45, 2.75) is 6.42 Å². The molecule has 1 aliphatic rings. The molecule has 1 aliphatic heterocycles. The Morgan fingerprint density at radius 1 is 1.05 bits per heavy atom. The van der Waals surface area contributed by atoms with Crippen LogP contribution in [-0.4, -0.2) is 55.5 Å². The minimum Gasteiger partial charge on any atom is -0.484 e. The molecular formula is C18H22N2O2. The fraction of sp³-hybridized carbons (Fsp3) is 0.389. The Hall–Kier alpha value is -2.07. The third kappa shape index (κ3) is 3.57. The van der Waals surface area contributed by atoms with Gasteiger partial charge in [0.15, 0.2) is 6.61 Å². The maximum absolute atomic E-state index is 12.3. The molecule has 0 aromatic heterocycles. The molecule has 0 spiro atoms. The monoisotopic (exact) mass is 298 g/mol. The van der Waals surface area contributed by atoms with Crippen LogP contribution in [0.15, 0.2) is 42.5 Å². The highest BCUT2D eigenvalue weighted by Gasteiger charge is 2.17. The van der Waals surface area contributed by atoms with Gasteiger partial charge >= 0.3 is 0 Å². The summed E-state index contributed by atoms with van der Waals surface area (Å²) in [5.41, 5.74) is 0. The minimum absolute atomic E-state index is 0.0726. The van der Waals surface area contributed by atoms with Crippen molar-refractivity contribution in [1.82, 2.24) is 9.80 Å². The SMILES string of the molecule is CN1CCCN(C(=O)COc2ccc3ccccc3c2)CC1.